The van der Waals surface area contributed by atoms with Gasteiger partial charge < -0.3 is 15.2 Å². The summed E-state index contributed by atoms with van der Waals surface area (Å²) in [5.41, 5.74) is 7.18. The molecule has 1 aliphatic rings. The Morgan fingerprint density at radius 2 is 1.93 bits per heavy atom. The highest BCUT2D eigenvalue weighted by Crippen LogP contribution is 2.43. The Kier molecular flexibility index (Phi) is 2.57. The van der Waals surface area contributed by atoms with Crippen LogP contribution in [-0.4, -0.2) is 14.2 Å². The summed E-state index contributed by atoms with van der Waals surface area (Å²) in [5.74, 6) is 1.63. The van der Waals surface area contributed by atoms with Gasteiger partial charge in [-0.1, -0.05) is 0 Å². The third-order valence-corrected chi connectivity index (χ3v) is 3.19. The molecular weight excluding hydrogens is 190 g/mol. The van der Waals surface area contributed by atoms with E-state index in [0.717, 1.165) is 29.9 Å². The third kappa shape index (κ3) is 1.67. The van der Waals surface area contributed by atoms with Crippen LogP contribution in [0.1, 0.15) is 24.8 Å². The largest absolute Gasteiger partial charge is 0.497 e. The smallest absolute Gasteiger partial charge is 0.127 e. The van der Waals surface area contributed by atoms with Crippen molar-refractivity contribution < 1.29 is 9.47 Å². The molecule has 3 heteroatoms. The van der Waals surface area contributed by atoms with Crippen molar-refractivity contribution in [3.63, 3.8) is 0 Å². The number of hydrogen-bond acceptors (Lipinski definition) is 3. The zero-order valence-corrected chi connectivity index (χ0v) is 9.25. The fraction of sp³-hybridized carbons (Fsp3) is 0.500. The molecule has 2 rings (SSSR count). The molecule has 1 saturated carbocycles. The first kappa shape index (κ1) is 10.3. The highest BCUT2D eigenvalue weighted by molar-refractivity contribution is 5.45. The number of nitrogens with two attached hydrogens (primary N) is 1. The van der Waals surface area contributed by atoms with Crippen LogP contribution >= 0.6 is 0 Å². The summed E-state index contributed by atoms with van der Waals surface area (Å²) in [6.45, 7) is 0. The van der Waals surface area contributed by atoms with Crippen molar-refractivity contribution in [3.05, 3.63) is 23.8 Å². The van der Waals surface area contributed by atoms with Crippen LogP contribution in [0.3, 0.4) is 0 Å². The molecule has 1 aromatic carbocycles. The molecule has 0 aliphatic heterocycles. The number of methoxy groups -OCH3 is 2. The summed E-state index contributed by atoms with van der Waals surface area (Å²) in [6, 6.07) is 5.84. The maximum atomic E-state index is 6.27. The molecule has 0 saturated heterocycles. The number of hydrogen-bond donors (Lipinski definition) is 1. The first-order valence-corrected chi connectivity index (χ1v) is 5.21. The highest BCUT2D eigenvalue weighted by atomic mass is 16.5. The molecule has 1 aliphatic carbocycles. The average molecular weight is 207 g/mol. The van der Waals surface area contributed by atoms with Gasteiger partial charge in [0.15, 0.2) is 0 Å². The van der Waals surface area contributed by atoms with Crippen LogP contribution in [0.5, 0.6) is 11.5 Å². The number of benzene rings is 1. The Balaban J connectivity index is 2.38. The van der Waals surface area contributed by atoms with E-state index in [1.807, 2.05) is 18.2 Å². The molecule has 0 bridgehead atoms. The zero-order chi connectivity index (χ0) is 10.9. The molecule has 1 fully saturated rings. The van der Waals surface area contributed by atoms with Crippen molar-refractivity contribution in [2.75, 3.05) is 14.2 Å². The molecule has 0 unspecified atom stereocenters. The fourth-order valence-electron chi connectivity index (χ4n) is 2.04. The van der Waals surface area contributed by atoms with Crippen LogP contribution in [0.25, 0.3) is 0 Å². The van der Waals surface area contributed by atoms with Gasteiger partial charge in [-0.15, -0.1) is 0 Å². The highest BCUT2D eigenvalue weighted by Gasteiger charge is 2.36. The first-order valence-electron chi connectivity index (χ1n) is 5.21. The van der Waals surface area contributed by atoms with Gasteiger partial charge in [-0.25, -0.2) is 0 Å². The fourth-order valence-corrected chi connectivity index (χ4v) is 2.04. The Labute approximate surface area is 90.2 Å². The lowest BCUT2D eigenvalue weighted by atomic mass is 9.72. The minimum atomic E-state index is -0.183. The molecule has 3 nitrogen and oxygen atoms in total. The Morgan fingerprint density at radius 3 is 2.40 bits per heavy atom. The van der Waals surface area contributed by atoms with Crippen LogP contribution in [0.15, 0.2) is 18.2 Å². The predicted molar refractivity (Wildman–Crippen MR) is 59.3 cm³/mol. The van der Waals surface area contributed by atoms with Crippen LogP contribution in [0.4, 0.5) is 0 Å². The summed E-state index contributed by atoms with van der Waals surface area (Å²) >= 11 is 0. The summed E-state index contributed by atoms with van der Waals surface area (Å²) in [5, 5.41) is 0. The van der Waals surface area contributed by atoms with E-state index in [4.69, 9.17) is 15.2 Å². The molecule has 0 aromatic heterocycles. The molecule has 15 heavy (non-hydrogen) atoms. The number of ether oxygens (including phenoxy) is 2. The van der Waals surface area contributed by atoms with Gasteiger partial charge in [0.25, 0.3) is 0 Å². The normalized spacial score (nSPS) is 18.1. The molecule has 0 heterocycles. The summed E-state index contributed by atoms with van der Waals surface area (Å²) in [7, 11) is 3.32. The number of rotatable bonds is 3. The second-order valence-electron chi connectivity index (χ2n) is 4.08. The van der Waals surface area contributed by atoms with E-state index >= 15 is 0 Å². The van der Waals surface area contributed by atoms with E-state index in [1.54, 1.807) is 14.2 Å². The monoisotopic (exact) mass is 207 g/mol. The zero-order valence-electron chi connectivity index (χ0n) is 9.25. The minimum Gasteiger partial charge on any atom is -0.497 e. The topological polar surface area (TPSA) is 44.5 Å². The van der Waals surface area contributed by atoms with Gasteiger partial charge in [-0.3, -0.25) is 0 Å². The van der Waals surface area contributed by atoms with E-state index in [2.05, 4.69) is 0 Å². The van der Waals surface area contributed by atoms with E-state index < -0.39 is 0 Å². The maximum absolute atomic E-state index is 6.27. The molecular formula is C12H17NO2. The van der Waals surface area contributed by atoms with Gasteiger partial charge in [-0.2, -0.15) is 0 Å². The molecule has 0 spiro atoms. The Morgan fingerprint density at radius 1 is 1.20 bits per heavy atom. The third-order valence-electron chi connectivity index (χ3n) is 3.19. The summed E-state index contributed by atoms with van der Waals surface area (Å²) < 4.78 is 10.5. The molecule has 2 N–H and O–H groups in total. The van der Waals surface area contributed by atoms with E-state index in [0.29, 0.717) is 0 Å². The van der Waals surface area contributed by atoms with Gasteiger partial charge >= 0.3 is 0 Å². The van der Waals surface area contributed by atoms with E-state index in [-0.39, 0.29) is 5.54 Å². The van der Waals surface area contributed by atoms with Crippen LogP contribution in [-0.2, 0) is 5.54 Å². The minimum absolute atomic E-state index is 0.183. The van der Waals surface area contributed by atoms with Crippen molar-refractivity contribution >= 4 is 0 Å². The lowest BCUT2D eigenvalue weighted by Gasteiger charge is -2.39. The van der Waals surface area contributed by atoms with Crippen LogP contribution < -0.4 is 15.2 Å². The van der Waals surface area contributed by atoms with Gasteiger partial charge in [0, 0.05) is 17.2 Å². The SMILES string of the molecule is COc1ccc(C2(N)CCC2)c(OC)c1. The summed E-state index contributed by atoms with van der Waals surface area (Å²) in [4.78, 5) is 0. The lowest BCUT2D eigenvalue weighted by Crippen LogP contribution is -2.43. The quantitative estimate of drug-likeness (QED) is 0.825. The average Bonchev–Trinajstić information content (AvgIpc) is 2.25. The summed E-state index contributed by atoms with van der Waals surface area (Å²) in [6.07, 6.45) is 3.27. The van der Waals surface area contributed by atoms with Crippen molar-refractivity contribution in [3.8, 4) is 11.5 Å². The molecule has 0 radical (unpaired) electrons. The van der Waals surface area contributed by atoms with Crippen molar-refractivity contribution in [1.82, 2.24) is 0 Å². The Hall–Kier alpha value is -1.22. The second kappa shape index (κ2) is 3.74. The van der Waals surface area contributed by atoms with E-state index in [9.17, 15) is 0 Å². The lowest BCUT2D eigenvalue weighted by molar-refractivity contribution is 0.243. The van der Waals surface area contributed by atoms with Gasteiger partial charge in [0.2, 0.25) is 0 Å². The van der Waals surface area contributed by atoms with Crippen molar-refractivity contribution in [2.45, 2.75) is 24.8 Å². The predicted octanol–water partition coefficient (Wildman–Crippen LogP) is 2.04. The molecule has 1 aromatic rings. The standard InChI is InChI=1S/C12H17NO2/c1-14-9-4-5-10(11(8-9)15-2)12(13)6-3-7-12/h4-5,8H,3,6-7,13H2,1-2H3. The Bertz CT molecular complexity index is 359. The van der Waals surface area contributed by atoms with E-state index in [1.165, 1.54) is 6.42 Å². The van der Waals surface area contributed by atoms with Crippen LogP contribution in [0.2, 0.25) is 0 Å². The van der Waals surface area contributed by atoms with Crippen molar-refractivity contribution in [2.24, 2.45) is 5.73 Å². The maximum Gasteiger partial charge on any atom is 0.127 e. The molecule has 82 valence electrons. The first-order chi connectivity index (χ1) is 7.19. The molecule has 0 amide bonds. The second-order valence-corrected chi connectivity index (χ2v) is 4.08. The van der Waals surface area contributed by atoms with Gasteiger partial charge in [0.1, 0.15) is 11.5 Å². The van der Waals surface area contributed by atoms with Crippen LogP contribution in [0, 0.1) is 0 Å². The van der Waals surface area contributed by atoms with Gasteiger partial charge in [0.05, 0.1) is 14.2 Å². The van der Waals surface area contributed by atoms with Crippen molar-refractivity contribution in [1.29, 1.82) is 0 Å². The molecule has 0 atom stereocenters. The van der Waals surface area contributed by atoms with Gasteiger partial charge in [-0.05, 0) is 31.4 Å².